The molecule has 4 rings (SSSR count). The monoisotopic (exact) mass is 337 g/mol. The van der Waals surface area contributed by atoms with Crippen molar-refractivity contribution in [2.75, 3.05) is 26.2 Å². The Bertz CT molecular complexity index is 774. The van der Waals surface area contributed by atoms with Crippen molar-refractivity contribution in [2.24, 2.45) is 0 Å². The lowest BCUT2D eigenvalue weighted by molar-refractivity contribution is 0.0535. The Kier molecular flexibility index (Phi) is 4.30. The van der Waals surface area contributed by atoms with E-state index in [9.17, 15) is 9.59 Å². The number of aryl methyl sites for hydroxylation is 2. The largest absolute Gasteiger partial charge is 0.367 e. The molecule has 2 aromatic rings. The molecule has 1 fully saturated rings. The summed E-state index contributed by atoms with van der Waals surface area (Å²) < 4.78 is 0. The summed E-state index contributed by atoms with van der Waals surface area (Å²) in [5, 5.41) is 0. The third kappa shape index (κ3) is 3.18. The number of rotatable bonds is 2. The highest BCUT2D eigenvalue weighted by atomic mass is 16.2. The number of benzene rings is 1. The van der Waals surface area contributed by atoms with Gasteiger partial charge in [-0.1, -0.05) is 6.07 Å². The number of carbonyl (C=O) groups is 2. The fourth-order valence-corrected chi connectivity index (χ4v) is 3.80. The number of carbonyl (C=O) groups excluding carboxylic acids is 2. The second-order valence-electron chi connectivity index (χ2n) is 6.87. The Morgan fingerprint density at radius 3 is 2.08 bits per heavy atom. The van der Waals surface area contributed by atoms with Gasteiger partial charge in [0.1, 0.15) is 0 Å². The predicted octanol–water partition coefficient (Wildman–Crippen LogP) is 2.49. The van der Waals surface area contributed by atoms with Crippen LogP contribution in [0.4, 0.5) is 0 Å². The first-order valence-corrected chi connectivity index (χ1v) is 9.05. The minimum Gasteiger partial charge on any atom is -0.367 e. The maximum atomic E-state index is 12.8. The molecule has 0 unspecified atom stereocenters. The number of nitrogens with one attached hydrogen (secondary N) is 1. The van der Waals surface area contributed by atoms with Crippen molar-refractivity contribution >= 4 is 11.8 Å². The van der Waals surface area contributed by atoms with Gasteiger partial charge in [-0.2, -0.15) is 0 Å². The summed E-state index contributed by atoms with van der Waals surface area (Å²) >= 11 is 0. The summed E-state index contributed by atoms with van der Waals surface area (Å²) in [7, 11) is 0. The molecule has 0 atom stereocenters. The molecule has 0 saturated carbocycles. The molecule has 1 aromatic heterocycles. The Morgan fingerprint density at radius 2 is 1.44 bits per heavy atom. The molecule has 1 aliphatic carbocycles. The number of aromatic amines is 1. The minimum absolute atomic E-state index is 0.0297. The molecule has 2 amide bonds. The first-order chi connectivity index (χ1) is 12.2. The van der Waals surface area contributed by atoms with E-state index in [1.54, 1.807) is 18.5 Å². The average molecular weight is 337 g/mol. The normalized spacial score (nSPS) is 17.3. The zero-order chi connectivity index (χ0) is 17.2. The van der Waals surface area contributed by atoms with E-state index in [4.69, 9.17) is 0 Å². The van der Waals surface area contributed by atoms with Crippen LogP contribution in [-0.4, -0.2) is 52.8 Å². The smallest absolute Gasteiger partial charge is 0.255 e. The predicted molar refractivity (Wildman–Crippen MR) is 95.7 cm³/mol. The number of hydrogen-bond donors (Lipinski definition) is 1. The molecule has 1 N–H and O–H groups in total. The number of amides is 2. The Labute approximate surface area is 147 Å². The molecule has 1 aromatic carbocycles. The van der Waals surface area contributed by atoms with Crippen molar-refractivity contribution in [3.8, 4) is 0 Å². The van der Waals surface area contributed by atoms with Gasteiger partial charge in [0, 0.05) is 44.1 Å². The fraction of sp³-hybridized carbons (Fsp3) is 0.400. The minimum atomic E-state index is 0.0297. The van der Waals surface area contributed by atoms with Crippen LogP contribution in [0.15, 0.2) is 36.7 Å². The lowest BCUT2D eigenvalue weighted by Crippen LogP contribution is -2.50. The fourth-order valence-electron chi connectivity index (χ4n) is 3.80. The van der Waals surface area contributed by atoms with Crippen molar-refractivity contribution in [3.63, 3.8) is 0 Å². The summed E-state index contributed by atoms with van der Waals surface area (Å²) in [5.41, 5.74) is 4.18. The SMILES string of the molecule is O=C(c1cc[nH]c1)N1CCN(C(=O)c2ccc3c(c2)CCCC3)CC1. The quantitative estimate of drug-likeness (QED) is 0.915. The van der Waals surface area contributed by atoms with Gasteiger partial charge in [-0.25, -0.2) is 0 Å². The van der Waals surface area contributed by atoms with Gasteiger partial charge in [-0.3, -0.25) is 9.59 Å². The topological polar surface area (TPSA) is 56.4 Å². The van der Waals surface area contributed by atoms with Gasteiger partial charge in [-0.05, 0) is 55.0 Å². The Morgan fingerprint density at radius 1 is 0.800 bits per heavy atom. The maximum Gasteiger partial charge on any atom is 0.255 e. The molecule has 0 radical (unpaired) electrons. The first kappa shape index (κ1) is 15.9. The summed E-state index contributed by atoms with van der Waals surface area (Å²) in [6.45, 7) is 2.35. The number of nitrogens with zero attached hydrogens (tertiary/aromatic N) is 2. The Balaban J connectivity index is 1.40. The average Bonchev–Trinajstić information content (AvgIpc) is 3.21. The standard InChI is InChI=1S/C20H23N3O2/c24-19(17-6-5-15-3-1-2-4-16(15)13-17)22-9-11-23(12-10-22)20(25)18-7-8-21-14-18/h5-8,13-14,21H,1-4,9-12H2. The third-order valence-electron chi connectivity index (χ3n) is 5.29. The molecule has 0 spiro atoms. The lowest BCUT2D eigenvalue weighted by atomic mass is 9.90. The molecule has 25 heavy (non-hydrogen) atoms. The molecule has 1 saturated heterocycles. The molecule has 2 aliphatic rings. The highest BCUT2D eigenvalue weighted by molar-refractivity contribution is 5.96. The summed E-state index contributed by atoms with van der Waals surface area (Å²) in [6.07, 6.45) is 8.14. The van der Waals surface area contributed by atoms with Gasteiger partial charge in [0.25, 0.3) is 11.8 Å². The second kappa shape index (κ2) is 6.75. The van der Waals surface area contributed by atoms with Crippen molar-refractivity contribution < 1.29 is 9.59 Å². The highest BCUT2D eigenvalue weighted by Gasteiger charge is 2.26. The third-order valence-corrected chi connectivity index (χ3v) is 5.29. The molecule has 5 heteroatoms. The van der Waals surface area contributed by atoms with Crippen molar-refractivity contribution in [1.29, 1.82) is 0 Å². The highest BCUT2D eigenvalue weighted by Crippen LogP contribution is 2.23. The van der Waals surface area contributed by atoms with Crippen LogP contribution in [0.5, 0.6) is 0 Å². The van der Waals surface area contributed by atoms with Crippen LogP contribution in [0.25, 0.3) is 0 Å². The van der Waals surface area contributed by atoms with Crippen LogP contribution in [0, 0.1) is 0 Å². The maximum absolute atomic E-state index is 12.8. The Hall–Kier alpha value is -2.56. The molecule has 0 bridgehead atoms. The number of hydrogen-bond acceptors (Lipinski definition) is 2. The summed E-state index contributed by atoms with van der Waals surface area (Å²) in [6, 6.07) is 7.94. The molecule has 2 heterocycles. The van der Waals surface area contributed by atoms with E-state index in [1.165, 1.54) is 24.0 Å². The van der Waals surface area contributed by atoms with Gasteiger partial charge < -0.3 is 14.8 Å². The number of fused-ring (bicyclic) bond motifs is 1. The van der Waals surface area contributed by atoms with E-state index < -0.39 is 0 Å². The van der Waals surface area contributed by atoms with E-state index in [2.05, 4.69) is 17.1 Å². The molecular weight excluding hydrogens is 314 g/mol. The molecule has 130 valence electrons. The molecule has 1 aliphatic heterocycles. The van der Waals surface area contributed by atoms with Crippen LogP contribution in [0.3, 0.4) is 0 Å². The van der Waals surface area contributed by atoms with Crippen molar-refractivity contribution in [1.82, 2.24) is 14.8 Å². The summed E-state index contributed by atoms with van der Waals surface area (Å²) in [4.78, 5) is 31.8. The number of piperazine rings is 1. The van der Waals surface area contributed by atoms with Gasteiger partial charge in [0.2, 0.25) is 0 Å². The number of aromatic nitrogens is 1. The number of H-pyrrole nitrogens is 1. The second-order valence-corrected chi connectivity index (χ2v) is 6.87. The van der Waals surface area contributed by atoms with Gasteiger partial charge in [-0.15, -0.1) is 0 Å². The van der Waals surface area contributed by atoms with E-state index in [0.717, 1.165) is 18.4 Å². The zero-order valence-corrected chi connectivity index (χ0v) is 14.3. The van der Waals surface area contributed by atoms with E-state index in [1.807, 2.05) is 15.9 Å². The first-order valence-electron chi connectivity index (χ1n) is 9.05. The van der Waals surface area contributed by atoms with Crippen LogP contribution < -0.4 is 0 Å². The van der Waals surface area contributed by atoms with E-state index in [-0.39, 0.29) is 11.8 Å². The van der Waals surface area contributed by atoms with Crippen LogP contribution in [-0.2, 0) is 12.8 Å². The van der Waals surface area contributed by atoms with Gasteiger partial charge in [0.05, 0.1) is 5.56 Å². The van der Waals surface area contributed by atoms with Gasteiger partial charge >= 0.3 is 0 Å². The lowest BCUT2D eigenvalue weighted by Gasteiger charge is -2.34. The van der Waals surface area contributed by atoms with Crippen LogP contribution >= 0.6 is 0 Å². The molecule has 5 nitrogen and oxygen atoms in total. The van der Waals surface area contributed by atoms with Crippen molar-refractivity contribution in [3.05, 3.63) is 58.9 Å². The zero-order valence-electron chi connectivity index (χ0n) is 14.3. The van der Waals surface area contributed by atoms with E-state index >= 15 is 0 Å². The molecular formula is C20H23N3O2. The van der Waals surface area contributed by atoms with Crippen LogP contribution in [0.2, 0.25) is 0 Å². The van der Waals surface area contributed by atoms with Crippen molar-refractivity contribution in [2.45, 2.75) is 25.7 Å². The van der Waals surface area contributed by atoms with Gasteiger partial charge in [0.15, 0.2) is 0 Å². The van der Waals surface area contributed by atoms with Crippen LogP contribution in [0.1, 0.15) is 44.7 Å². The van der Waals surface area contributed by atoms with E-state index in [0.29, 0.717) is 31.7 Å². The summed E-state index contributed by atoms with van der Waals surface area (Å²) in [5.74, 6) is 0.115.